The number of benzene rings is 1. The highest BCUT2D eigenvalue weighted by Crippen LogP contribution is 2.26. The Morgan fingerprint density at radius 1 is 1.37 bits per heavy atom. The number of halogens is 2. The van der Waals surface area contributed by atoms with Crippen LogP contribution in [0.4, 0.5) is 8.78 Å². The summed E-state index contributed by atoms with van der Waals surface area (Å²) < 4.78 is 27.2. The third-order valence-electron chi connectivity index (χ3n) is 3.82. The third-order valence-corrected chi connectivity index (χ3v) is 3.82. The lowest BCUT2D eigenvalue weighted by atomic mass is 10.0. The Morgan fingerprint density at radius 3 is 2.74 bits per heavy atom. The van der Waals surface area contributed by atoms with Gasteiger partial charge in [-0.1, -0.05) is 0 Å². The van der Waals surface area contributed by atoms with Crippen LogP contribution in [0.25, 0.3) is 0 Å². The van der Waals surface area contributed by atoms with Gasteiger partial charge in [0.1, 0.15) is 11.6 Å². The summed E-state index contributed by atoms with van der Waals surface area (Å²) in [5.74, 6) is -0.806. The van der Waals surface area contributed by atoms with Crippen LogP contribution in [0.2, 0.25) is 0 Å². The third kappa shape index (κ3) is 3.11. The molecule has 0 saturated carbocycles. The van der Waals surface area contributed by atoms with Gasteiger partial charge in [-0.15, -0.1) is 0 Å². The van der Waals surface area contributed by atoms with E-state index in [1.807, 2.05) is 0 Å². The summed E-state index contributed by atoms with van der Waals surface area (Å²) in [6.45, 7) is 5.02. The Balaban J connectivity index is 2.26. The highest BCUT2D eigenvalue weighted by atomic mass is 19.1. The van der Waals surface area contributed by atoms with E-state index >= 15 is 0 Å². The summed E-state index contributed by atoms with van der Waals surface area (Å²) in [5.41, 5.74) is 6.17. The van der Waals surface area contributed by atoms with E-state index in [0.29, 0.717) is 5.56 Å². The van der Waals surface area contributed by atoms with E-state index in [-0.39, 0.29) is 24.4 Å². The molecule has 0 amide bonds. The Labute approximate surface area is 113 Å². The van der Waals surface area contributed by atoms with Crippen LogP contribution < -0.4 is 5.73 Å². The molecule has 1 aromatic carbocycles. The van der Waals surface area contributed by atoms with Gasteiger partial charge in [0.05, 0.1) is 6.04 Å². The molecule has 0 aromatic heterocycles. The monoisotopic (exact) mass is 269 g/mol. The van der Waals surface area contributed by atoms with Gasteiger partial charge in [0.15, 0.2) is 0 Å². The number of nitrogens with two attached hydrogens (primary N) is 1. The first-order valence-corrected chi connectivity index (χ1v) is 6.62. The largest absolute Gasteiger partial charge is 0.329 e. The van der Waals surface area contributed by atoms with Crippen LogP contribution in [0.15, 0.2) is 18.2 Å². The van der Waals surface area contributed by atoms with E-state index in [0.717, 1.165) is 25.7 Å². The van der Waals surface area contributed by atoms with Crippen molar-refractivity contribution in [2.75, 3.05) is 33.2 Å². The molecule has 3 nitrogen and oxygen atoms in total. The van der Waals surface area contributed by atoms with E-state index in [1.165, 1.54) is 12.1 Å². The predicted octanol–water partition coefficient (Wildman–Crippen LogP) is 1.60. The van der Waals surface area contributed by atoms with Crippen molar-refractivity contribution >= 4 is 0 Å². The molecular weight excluding hydrogens is 248 g/mol. The maximum Gasteiger partial charge on any atom is 0.128 e. The van der Waals surface area contributed by atoms with Gasteiger partial charge < -0.3 is 10.6 Å². The smallest absolute Gasteiger partial charge is 0.128 e. The average molecular weight is 269 g/mol. The number of likely N-dealkylation sites (N-methyl/N-ethyl adjacent to an activating group) is 1. The molecule has 2 N–H and O–H groups in total. The van der Waals surface area contributed by atoms with Gasteiger partial charge in [0.25, 0.3) is 0 Å². The van der Waals surface area contributed by atoms with Crippen LogP contribution in [0, 0.1) is 11.6 Å². The molecule has 0 aliphatic carbocycles. The summed E-state index contributed by atoms with van der Waals surface area (Å²) in [5, 5.41) is 0. The van der Waals surface area contributed by atoms with E-state index in [1.54, 1.807) is 0 Å². The Bertz CT molecular complexity index is 439. The minimum Gasteiger partial charge on any atom is -0.329 e. The zero-order valence-electron chi connectivity index (χ0n) is 11.4. The Morgan fingerprint density at radius 2 is 2.11 bits per heavy atom. The molecule has 106 valence electrons. The van der Waals surface area contributed by atoms with Crippen molar-refractivity contribution in [2.45, 2.75) is 19.0 Å². The van der Waals surface area contributed by atoms with E-state index < -0.39 is 5.82 Å². The van der Waals surface area contributed by atoms with Gasteiger partial charge in [-0.25, -0.2) is 8.78 Å². The molecule has 1 aromatic rings. The molecule has 5 heteroatoms. The van der Waals surface area contributed by atoms with Gasteiger partial charge in [-0.05, 0) is 32.2 Å². The van der Waals surface area contributed by atoms with Crippen molar-refractivity contribution in [2.24, 2.45) is 5.73 Å². The second-order valence-corrected chi connectivity index (χ2v) is 5.27. The average Bonchev–Trinajstić information content (AvgIpc) is 2.36. The minimum absolute atomic E-state index is 0.264. The lowest BCUT2D eigenvalue weighted by Gasteiger charge is -2.42. The molecule has 0 bridgehead atoms. The lowest BCUT2D eigenvalue weighted by molar-refractivity contribution is 0.0621. The summed E-state index contributed by atoms with van der Waals surface area (Å²) in [7, 11) is 2.06. The molecule has 1 aliphatic rings. The Kier molecular flexibility index (Phi) is 4.50. The molecule has 2 unspecified atom stereocenters. The fourth-order valence-electron chi connectivity index (χ4n) is 2.83. The molecule has 1 fully saturated rings. The molecular formula is C14H21F2N3. The van der Waals surface area contributed by atoms with Crippen molar-refractivity contribution in [3.63, 3.8) is 0 Å². The first-order chi connectivity index (χ1) is 9.02. The maximum absolute atomic E-state index is 13.9. The number of piperazine rings is 1. The Hall–Kier alpha value is -1.04. The summed E-state index contributed by atoms with van der Waals surface area (Å²) in [4.78, 5) is 4.40. The van der Waals surface area contributed by atoms with Crippen LogP contribution in [0.3, 0.4) is 0 Å². The first-order valence-electron chi connectivity index (χ1n) is 6.62. The van der Waals surface area contributed by atoms with Crippen LogP contribution >= 0.6 is 0 Å². The van der Waals surface area contributed by atoms with Gasteiger partial charge in [0.2, 0.25) is 0 Å². The first kappa shape index (κ1) is 14.4. The van der Waals surface area contributed by atoms with E-state index in [9.17, 15) is 8.78 Å². The quantitative estimate of drug-likeness (QED) is 0.904. The minimum atomic E-state index is -0.420. The molecule has 0 radical (unpaired) electrons. The van der Waals surface area contributed by atoms with Crippen LogP contribution in [-0.4, -0.2) is 49.1 Å². The van der Waals surface area contributed by atoms with Gasteiger partial charge >= 0.3 is 0 Å². The number of nitrogens with zero attached hydrogens (tertiary/aromatic N) is 2. The molecule has 19 heavy (non-hydrogen) atoms. The molecule has 1 aliphatic heterocycles. The molecule has 1 saturated heterocycles. The molecule has 2 atom stereocenters. The van der Waals surface area contributed by atoms with Crippen molar-refractivity contribution in [3.8, 4) is 0 Å². The number of hydrogen-bond donors (Lipinski definition) is 1. The SMILES string of the molecule is CC1CN(C)CCN1C(CN)c1cc(F)ccc1F. The van der Waals surface area contributed by atoms with Crippen molar-refractivity contribution < 1.29 is 8.78 Å². The summed E-state index contributed by atoms with van der Waals surface area (Å²) in [6.07, 6.45) is 0. The standard InChI is InChI=1S/C14H21F2N3/c1-10-9-18(2)5-6-19(10)14(8-17)12-7-11(15)3-4-13(12)16/h3-4,7,10,14H,5-6,8-9,17H2,1-2H3. The molecule has 1 heterocycles. The topological polar surface area (TPSA) is 32.5 Å². The van der Waals surface area contributed by atoms with Crippen LogP contribution in [0.5, 0.6) is 0 Å². The maximum atomic E-state index is 13.9. The zero-order chi connectivity index (χ0) is 14.0. The molecule has 2 rings (SSSR count). The van der Waals surface area contributed by atoms with Gasteiger partial charge in [-0.3, -0.25) is 4.90 Å². The fourth-order valence-corrected chi connectivity index (χ4v) is 2.83. The number of rotatable bonds is 3. The predicted molar refractivity (Wildman–Crippen MR) is 71.8 cm³/mol. The molecule has 0 spiro atoms. The second-order valence-electron chi connectivity index (χ2n) is 5.27. The second kappa shape index (κ2) is 5.94. The van der Waals surface area contributed by atoms with E-state index in [2.05, 4.69) is 23.8 Å². The van der Waals surface area contributed by atoms with Crippen molar-refractivity contribution in [1.82, 2.24) is 9.80 Å². The van der Waals surface area contributed by atoms with Gasteiger partial charge in [-0.2, -0.15) is 0 Å². The summed E-state index contributed by atoms with van der Waals surface area (Å²) in [6, 6.07) is 3.58. The normalized spacial score (nSPS) is 23.5. The lowest BCUT2D eigenvalue weighted by Crippen LogP contribution is -2.53. The highest BCUT2D eigenvalue weighted by molar-refractivity contribution is 5.23. The van der Waals surface area contributed by atoms with Crippen molar-refractivity contribution in [3.05, 3.63) is 35.4 Å². The van der Waals surface area contributed by atoms with E-state index in [4.69, 9.17) is 5.73 Å². The summed E-state index contributed by atoms with van der Waals surface area (Å²) >= 11 is 0. The zero-order valence-corrected chi connectivity index (χ0v) is 11.4. The van der Waals surface area contributed by atoms with Crippen molar-refractivity contribution in [1.29, 1.82) is 0 Å². The highest BCUT2D eigenvalue weighted by Gasteiger charge is 2.29. The fraction of sp³-hybridized carbons (Fsp3) is 0.571. The number of hydrogen-bond acceptors (Lipinski definition) is 3. The van der Waals surface area contributed by atoms with Gasteiger partial charge in [0, 0.05) is 37.8 Å². The van der Waals surface area contributed by atoms with Crippen LogP contribution in [0.1, 0.15) is 18.5 Å². The van der Waals surface area contributed by atoms with Crippen LogP contribution in [-0.2, 0) is 0 Å².